The largest absolute Gasteiger partial charge is 0.375 e. The van der Waals surface area contributed by atoms with E-state index in [4.69, 9.17) is 4.74 Å². The van der Waals surface area contributed by atoms with Crippen LogP contribution >= 0.6 is 0 Å². The fourth-order valence-electron chi connectivity index (χ4n) is 2.72. The normalized spacial score (nSPS) is 24.6. The molecule has 1 saturated heterocycles. The predicted molar refractivity (Wildman–Crippen MR) is 73.6 cm³/mol. The zero-order chi connectivity index (χ0) is 13.8. The fraction of sp³-hybridized carbons (Fsp3) is 0.929. The second kappa shape index (κ2) is 6.53. The Morgan fingerprint density at radius 3 is 2.56 bits per heavy atom. The lowest BCUT2D eigenvalue weighted by molar-refractivity contribution is -0.132. The molecule has 18 heavy (non-hydrogen) atoms. The molecule has 0 spiro atoms. The predicted octanol–water partition coefficient (Wildman–Crippen LogP) is 1.79. The third kappa shape index (κ3) is 3.69. The molecular weight excluding hydrogens is 228 g/mol. The first-order valence-corrected chi connectivity index (χ1v) is 7.05. The van der Waals surface area contributed by atoms with Gasteiger partial charge in [0.05, 0.1) is 11.6 Å². The Morgan fingerprint density at radius 1 is 1.44 bits per heavy atom. The zero-order valence-electron chi connectivity index (χ0n) is 12.5. The van der Waals surface area contributed by atoms with Gasteiger partial charge in [0, 0.05) is 26.7 Å². The first-order chi connectivity index (χ1) is 8.44. The Balaban J connectivity index is 2.55. The van der Waals surface area contributed by atoms with Crippen LogP contribution in [0.3, 0.4) is 0 Å². The number of hydrogen-bond donors (Lipinski definition) is 1. The molecule has 1 heterocycles. The Labute approximate surface area is 111 Å². The van der Waals surface area contributed by atoms with Gasteiger partial charge in [-0.3, -0.25) is 4.79 Å². The van der Waals surface area contributed by atoms with E-state index in [-0.39, 0.29) is 17.6 Å². The molecule has 4 nitrogen and oxygen atoms in total. The highest BCUT2D eigenvalue weighted by molar-refractivity contribution is 5.80. The van der Waals surface area contributed by atoms with Gasteiger partial charge in [-0.15, -0.1) is 0 Å². The number of nitrogens with zero attached hydrogens (tertiary/aromatic N) is 1. The van der Waals surface area contributed by atoms with Gasteiger partial charge in [0.25, 0.3) is 0 Å². The monoisotopic (exact) mass is 256 g/mol. The molecular formula is C14H28N2O2. The van der Waals surface area contributed by atoms with Gasteiger partial charge < -0.3 is 15.0 Å². The van der Waals surface area contributed by atoms with E-state index in [0.29, 0.717) is 6.04 Å². The average Bonchev–Trinajstić information content (AvgIpc) is 2.37. The van der Waals surface area contributed by atoms with E-state index in [1.54, 1.807) is 19.0 Å². The minimum Gasteiger partial charge on any atom is -0.375 e. The van der Waals surface area contributed by atoms with Crippen molar-refractivity contribution in [2.45, 2.75) is 64.1 Å². The SMILES string of the molecule is CCC1(CC)CC(NC(C)C(=O)N(C)C)CCO1. The van der Waals surface area contributed by atoms with Crippen LogP contribution in [0.25, 0.3) is 0 Å². The smallest absolute Gasteiger partial charge is 0.238 e. The molecule has 0 aromatic rings. The Kier molecular flexibility index (Phi) is 5.60. The maximum absolute atomic E-state index is 11.8. The van der Waals surface area contributed by atoms with Crippen LogP contribution in [-0.2, 0) is 9.53 Å². The number of likely N-dealkylation sites (N-methyl/N-ethyl adjacent to an activating group) is 1. The van der Waals surface area contributed by atoms with Gasteiger partial charge in [0.2, 0.25) is 5.91 Å². The van der Waals surface area contributed by atoms with Crippen molar-refractivity contribution in [2.75, 3.05) is 20.7 Å². The summed E-state index contributed by atoms with van der Waals surface area (Å²) in [5.74, 6) is 0.139. The third-order valence-electron chi connectivity index (χ3n) is 4.08. The number of carbonyl (C=O) groups excluding carboxylic acids is 1. The summed E-state index contributed by atoms with van der Waals surface area (Å²) in [6.07, 6.45) is 4.08. The Hall–Kier alpha value is -0.610. The molecule has 2 unspecified atom stereocenters. The molecule has 4 heteroatoms. The molecule has 0 aliphatic carbocycles. The van der Waals surface area contributed by atoms with Gasteiger partial charge in [0.1, 0.15) is 0 Å². The number of amides is 1. The summed E-state index contributed by atoms with van der Waals surface area (Å²) < 4.78 is 5.95. The quantitative estimate of drug-likeness (QED) is 0.815. The maximum Gasteiger partial charge on any atom is 0.238 e. The van der Waals surface area contributed by atoms with E-state index >= 15 is 0 Å². The number of rotatable bonds is 5. The highest BCUT2D eigenvalue weighted by atomic mass is 16.5. The van der Waals surface area contributed by atoms with Gasteiger partial charge in [-0.05, 0) is 32.6 Å². The summed E-state index contributed by atoms with van der Waals surface area (Å²) in [6, 6.07) is 0.270. The first-order valence-electron chi connectivity index (χ1n) is 7.05. The molecule has 1 aliphatic heterocycles. The van der Waals surface area contributed by atoms with Crippen molar-refractivity contribution in [3.8, 4) is 0 Å². The van der Waals surface area contributed by atoms with Crippen LogP contribution in [0.1, 0.15) is 46.5 Å². The second-order valence-corrected chi connectivity index (χ2v) is 5.55. The molecule has 0 aromatic heterocycles. The van der Waals surface area contributed by atoms with Crippen molar-refractivity contribution in [1.29, 1.82) is 0 Å². The summed E-state index contributed by atoms with van der Waals surface area (Å²) in [4.78, 5) is 13.5. The highest BCUT2D eigenvalue weighted by Gasteiger charge is 2.35. The molecule has 0 radical (unpaired) electrons. The topological polar surface area (TPSA) is 41.6 Å². The van der Waals surface area contributed by atoms with Crippen molar-refractivity contribution in [2.24, 2.45) is 0 Å². The molecule has 1 N–H and O–H groups in total. The lowest BCUT2D eigenvalue weighted by Gasteiger charge is -2.41. The lowest BCUT2D eigenvalue weighted by atomic mass is 9.85. The van der Waals surface area contributed by atoms with Crippen LogP contribution < -0.4 is 5.32 Å². The van der Waals surface area contributed by atoms with Crippen LogP contribution in [0.4, 0.5) is 0 Å². The summed E-state index contributed by atoms with van der Waals surface area (Å²) in [5, 5.41) is 3.45. The number of hydrogen-bond acceptors (Lipinski definition) is 3. The molecule has 1 amide bonds. The van der Waals surface area contributed by atoms with Gasteiger partial charge in [0.15, 0.2) is 0 Å². The number of nitrogens with one attached hydrogen (secondary N) is 1. The summed E-state index contributed by atoms with van der Waals surface area (Å²) in [7, 11) is 3.60. The van der Waals surface area contributed by atoms with E-state index in [0.717, 1.165) is 32.3 Å². The summed E-state index contributed by atoms with van der Waals surface area (Å²) >= 11 is 0. The number of ether oxygens (including phenoxy) is 1. The Bertz CT molecular complexity index is 275. The van der Waals surface area contributed by atoms with Crippen molar-refractivity contribution < 1.29 is 9.53 Å². The van der Waals surface area contributed by atoms with Crippen LogP contribution in [0.15, 0.2) is 0 Å². The average molecular weight is 256 g/mol. The molecule has 2 atom stereocenters. The van der Waals surface area contributed by atoms with Crippen LogP contribution in [0, 0.1) is 0 Å². The van der Waals surface area contributed by atoms with Crippen LogP contribution in [-0.4, -0.2) is 49.2 Å². The first kappa shape index (κ1) is 15.4. The zero-order valence-corrected chi connectivity index (χ0v) is 12.5. The second-order valence-electron chi connectivity index (χ2n) is 5.55. The lowest BCUT2D eigenvalue weighted by Crippen LogP contribution is -2.52. The van der Waals surface area contributed by atoms with Gasteiger partial charge in [-0.2, -0.15) is 0 Å². The molecule has 1 aliphatic rings. The van der Waals surface area contributed by atoms with Gasteiger partial charge >= 0.3 is 0 Å². The van der Waals surface area contributed by atoms with Crippen molar-refractivity contribution in [3.63, 3.8) is 0 Å². The van der Waals surface area contributed by atoms with Crippen molar-refractivity contribution >= 4 is 5.91 Å². The van der Waals surface area contributed by atoms with Gasteiger partial charge in [-0.25, -0.2) is 0 Å². The van der Waals surface area contributed by atoms with E-state index in [1.807, 2.05) is 6.92 Å². The highest BCUT2D eigenvalue weighted by Crippen LogP contribution is 2.31. The minimum atomic E-state index is -0.116. The third-order valence-corrected chi connectivity index (χ3v) is 4.08. The van der Waals surface area contributed by atoms with Crippen molar-refractivity contribution in [1.82, 2.24) is 10.2 Å². The van der Waals surface area contributed by atoms with E-state index in [2.05, 4.69) is 19.2 Å². The maximum atomic E-state index is 11.8. The van der Waals surface area contributed by atoms with Crippen LogP contribution in [0.2, 0.25) is 0 Å². The summed E-state index contributed by atoms with van der Waals surface area (Å²) in [6.45, 7) is 7.10. The van der Waals surface area contributed by atoms with Crippen molar-refractivity contribution in [3.05, 3.63) is 0 Å². The molecule has 106 valence electrons. The number of carbonyl (C=O) groups is 1. The summed E-state index contributed by atoms with van der Waals surface area (Å²) in [5.41, 5.74) is 0.0107. The van der Waals surface area contributed by atoms with E-state index in [1.165, 1.54) is 0 Å². The fourth-order valence-corrected chi connectivity index (χ4v) is 2.72. The molecule has 1 fully saturated rings. The molecule has 1 rings (SSSR count). The standard InChI is InChI=1S/C14H28N2O2/c1-6-14(7-2)10-12(8-9-18-14)15-11(3)13(17)16(4)5/h11-12,15H,6-10H2,1-5H3. The molecule has 0 saturated carbocycles. The van der Waals surface area contributed by atoms with E-state index in [9.17, 15) is 4.79 Å². The molecule has 0 aromatic carbocycles. The van der Waals surface area contributed by atoms with Crippen LogP contribution in [0.5, 0.6) is 0 Å². The minimum absolute atomic E-state index is 0.0107. The van der Waals surface area contributed by atoms with Gasteiger partial charge in [-0.1, -0.05) is 13.8 Å². The Morgan fingerprint density at radius 2 is 2.06 bits per heavy atom. The molecule has 0 bridgehead atoms. The van der Waals surface area contributed by atoms with E-state index < -0.39 is 0 Å².